The summed E-state index contributed by atoms with van der Waals surface area (Å²) in [6.45, 7) is 0.237. The lowest BCUT2D eigenvalue weighted by atomic mass is 10.1. The maximum Gasteiger partial charge on any atom is 0.347 e. The zero-order valence-corrected chi connectivity index (χ0v) is 11.2. The predicted octanol–water partition coefficient (Wildman–Crippen LogP) is 1.07. The van der Waals surface area contributed by atoms with Crippen LogP contribution in [0.4, 0.5) is 0 Å². The van der Waals surface area contributed by atoms with E-state index in [1.807, 2.05) is 24.3 Å². The van der Waals surface area contributed by atoms with Crippen molar-refractivity contribution in [2.24, 2.45) is 0 Å². The van der Waals surface area contributed by atoms with Gasteiger partial charge in [0.05, 0.1) is 5.69 Å². The Labute approximate surface area is 122 Å². The molecule has 8 heteroatoms. The number of aromatic nitrogens is 5. The van der Waals surface area contributed by atoms with Crippen LogP contribution in [-0.2, 0) is 0 Å². The van der Waals surface area contributed by atoms with Gasteiger partial charge in [0.2, 0.25) is 6.79 Å². The topological polar surface area (TPSA) is 85.9 Å². The summed E-state index contributed by atoms with van der Waals surface area (Å²) in [5.74, 6) is 1.43. The van der Waals surface area contributed by atoms with Crippen molar-refractivity contribution in [3.05, 3.63) is 47.1 Å². The molecule has 108 valence electrons. The van der Waals surface area contributed by atoms with Crippen molar-refractivity contribution in [1.82, 2.24) is 24.2 Å². The van der Waals surface area contributed by atoms with Gasteiger partial charge < -0.3 is 9.47 Å². The van der Waals surface area contributed by atoms with Crippen molar-refractivity contribution in [3.8, 4) is 22.8 Å². The van der Waals surface area contributed by atoms with Crippen molar-refractivity contribution < 1.29 is 9.47 Å². The fraction of sp³-hybridized carbons (Fsp3) is 0.0714. The van der Waals surface area contributed by atoms with E-state index in [4.69, 9.17) is 9.47 Å². The van der Waals surface area contributed by atoms with Gasteiger partial charge in [-0.15, -0.1) is 0 Å². The quantitative estimate of drug-likeness (QED) is 0.567. The molecule has 4 heterocycles. The van der Waals surface area contributed by atoms with Gasteiger partial charge in [-0.25, -0.2) is 18.8 Å². The van der Waals surface area contributed by atoms with Gasteiger partial charge in [-0.3, -0.25) is 0 Å². The molecule has 0 aliphatic carbocycles. The zero-order valence-electron chi connectivity index (χ0n) is 11.2. The average molecular weight is 295 g/mol. The van der Waals surface area contributed by atoms with Crippen molar-refractivity contribution in [1.29, 1.82) is 0 Å². The molecule has 1 aromatic carbocycles. The first-order valence-electron chi connectivity index (χ1n) is 6.65. The number of nitrogens with zero attached hydrogens (tertiary/aromatic N) is 4. The van der Waals surface area contributed by atoms with E-state index < -0.39 is 0 Å². The zero-order chi connectivity index (χ0) is 14.7. The van der Waals surface area contributed by atoms with Crippen LogP contribution >= 0.6 is 0 Å². The second-order valence-corrected chi connectivity index (χ2v) is 4.95. The highest BCUT2D eigenvalue weighted by atomic mass is 16.7. The Morgan fingerprint density at radius 2 is 2.05 bits per heavy atom. The van der Waals surface area contributed by atoms with E-state index >= 15 is 0 Å². The minimum Gasteiger partial charge on any atom is -0.454 e. The highest BCUT2D eigenvalue weighted by Crippen LogP contribution is 2.35. The SMILES string of the molecule is O=c1[nH]nc2c3cc(-c4ccc5c(c4)OCO5)nn3ccn12. The number of benzene rings is 1. The van der Waals surface area contributed by atoms with Crippen LogP contribution in [0.2, 0.25) is 0 Å². The van der Waals surface area contributed by atoms with Crippen LogP contribution in [0.5, 0.6) is 11.5 Å². The minimum atomic E-state index is -0.275. The highest BCUT2D eigenvalue weighted by molar-refractivity contribution is 5.77. The van der Waals surface area contributed by atoms with Crippen LogP contribution < -0.4 is 15.2 Å². The Morgan fingerprint density at radius 1 is 1.14 bits per heavy atom. The standard InChI is InChI=1S/C14H9N5O3/c20-14-16-15-13-10-6-9(17-19(10)4-3-18(13)14)8-1-2-11-12(5-8)22-7-21-11/h1-6H,7H2,(H,16,20). The molecule has 0 atom stereocenters. The molecule has 4 aromatic rings. The molecular weight excluding hydrogens is 286 g/mol. The van der Waals surface area contributed by atoms with Gasteiger partial charge in [-0.1, -0.05) is 0 Å². The summed E-state index contributed by atoms with van der Waals surface area (Å²) in [6.07, 6.45) is 3.35. The molecule has 8 nitrogen and oxygen atoms in total. The van der Waals surface area contributed by atoms with Gasteiger partial charge in [-0.05, 0) is 24.3 Å². The van der Waals surface area contributed by atoms with E-state index in [1.165, 1.54) is 4.40 Å². The Balaban J connectivity index is 1.75. The van der Waals surface area contributed by atoms with Crippen molar-refractivity contribution in [3.63, 3.8) is 0 Å². The van der Waals surface area contributed by atoms with Crippen molar-refractivity contribution in [2.75, 3.05) is 6.79 Å². The van der Waals surface area contributed by atoms with Crippen molar-refractivity contribution in [2.45, 2.75) is 0 Å². The lowest BCUT2D eigenvalue weighted by molar-refractivity contribution is 0.174. The normalized spacial score (nSPS) is 13.3. The summed E-state index contributed by atoms with van der Waals surface area (Å²) >= 11 is 0. The third-order valence-corrected chi connectivity index (χ3v) is 3.69. The molecule has 1 N–H and O–H groups in total. The number of rotatable bonds is 1. The second kappa shape index (κ2) is 3.88. The molecule has 0 unspecified atom stereocenters. The first kappa shape index (κ1) is 11.4. The lowest BCUT2D eigenvalue weighted by Gasteiger charge is -1.98. The van der Waals surface area contributed by atoms with Gasteiger partial charge in [0.1, 0.15) is 5.52 Å². The summed E-state index contributed by atoms with van der Waals surface area (Å²) in [6, 6.07) is 7.55. The summed E-state index contributed by atoms with van der Waals surface area (Å²) in [7, 11) is 0. The molecule has 0 radical (unpaired) electrons. The van der Waals surface area contributed by atoms with E-state index in [2.05, 4.69) is 15.3 Å². The molecule has 3 aromatic heterocycles. The average Bonchev–Trinajstić information content (AvgIpc) is 3.23. The Bertz CT molecular complexity index is 1090. The molecule has 5 rings (SSSR count). The fourth-order valence-electron chi connectivity index (χ4n) is 2.63. The van der Waals surface area contributed by atoms with Gasteiger partial charge in [0.15, 0.2) is 17.1 Å². The van der Waals surface area contributed by atoms with E-state index in [1.54, 1.807) is 16.9 Å². The molecule has 0 saturated carbocycles. The molecular formula is C14H9N5O3. The number of hydrogen-bond donors (Lipinski definition) is 1. The fourth-order valence-corrected chi connectivity index (χ4v) is 2.63. The summed E-state index contributed by atoms with van der Waals surface area (Å²) < 4.78 is 13.8. The Morgan fingerprint density at radius 3 is 3.00 bits per heavy atom. The summed E-state index contributed by atoms with van der Waals surface area (Å²) in [5, 5.41) is 11.0. The van der Waals surface area contributed by atoms with Crippen LogP contribution in [0.3, 0.4) is 0 Å². The minimum absolute atomic E-state index is 0.237. The maximum absolute atomic E-state index is 11.6. The number of nitrogens with one attached hydrogen (secondary N) is 1. The Kier molecular flexibility index (Phi) is 2.01. The van der Waals surface area contributed by atoms with E-state index in [-0.39, 0.29) is 12.5 Å². The van der Waals surface area contributed by atoms with Crippen LogP contribution in [0.25, 0.3) is 22.4 Å². The molecule has 1 aliphatic heterocycles. The summed E-state index contributed by atoms with van der Waals surface area (Å²) in [4.78, 5) is 11.6. The molecule has 0 bridgehead atoms. The largest absolute Gasteiger partial charge is 0.454 e. The van der Waals surface area contributed by atoms with E-state index in [0.29, 0.717) is 11.4 Å². The smallest absolute Gasteiger partial charge is 0.347 e. The van der Waals surface area contributed by atoms with Gasteiger partial charge in [-0.2, -0.15) is 10.2 Å². The first-order valence-corrected chi connectivity index (χ1v) is 6.65. The maximum atomic E-state index is 11.6. The molecule has 0 spiro atoms. The number of aromatic amines is 1. The number of ether oxygens (including phenoxy) is 2. The van der Waals surface area contributed by atoms with Gasteiger partial charge in [0, 0.05) is 18.0 Å². The molecule has 22 heavy (non-hydrogen) atoms. The predicted molar refractivity (Wildman–Crippen MR) is 76.1 cm³/mol. The van der Waals surface area contributed by atoms with Crippen molar-refractivity contribution >= 4 is 11.2 Å². The van der Waals surface area contributed by atoms with E-state index in [9.17, 15) is 4.79 Å². The lowest BCUT2D eigenvalue weighted by Crippen LogP contribution is -2.09. The van der Waals surface area contributed by atoms with Gasteiger partial charge in [0.25, 0.3) is 0 Å². The molecule has 0 amide bonds. The first-order chi connectivity index (χ1) is 10.8. The number of H-pyrrole nitrogens is 1. The van der Waals surface area contributed by atoms with Crippen LogP contribution in [0.1, 0.15) is 0 Å². The van der Waals surface area contributed by atoms with Crippen LogP contribution in [-0.4, -0.2) is 31.0 Å². The number of hydrogen-bond acceptors (Lipinski definition) is 5. The molecule has 1 aliphatic rings. The van der Waals surface area contributed by atoms with E-state index in [0.717, 1.165) is 22.5 Å². The molecule has 0 fully saturated rings. The second-order valence-electron chi connectivity index (χ2n) is 4.95. The number of fused-ring (bicyclic) bond motifs is 4. The van der Waals surface area contributed by atoms with Gasteiger partial charge >= 0.3 is 5.69 Å². The molecule has 0 saturated heterocycles. The highest BCUT2D eigenvalue weighted by Gasteiger charge is 2.16. The third-order valence-electron chi connectivity index (χ3n) is 3.69. The monoisotopic (exact) mass is 295 g/mol. The van der Waals surface area contributed by atoms with Crippen LogP contribution in [0, 0.1) is 0 Å². The summed E-state index contributed by atoms with van der Waals surface area (Å²) in [5.41, 5.74) is 2.68. The van der Waals surface area contributed by atoms with Crippen LogP contribution in [0.15, 0.2) is 41.5 Å². The Hall–Kier alpha value is -3.29. The third kappa shape index (κ3) is 1.43.